The van der Waals surface area contributed by atoms with Crippen molar-refractivity contribution in [2.45, 2.75) is 39.0 Å². The highest BCUT2D eigenvalue weighted by Gasteiger charge is 2.87. The standard InChI is InChI=1S/C13H17ClF3NO4/c1-10(2,3)22-9(20)18-5-11(8(19)21-7-14)4-12(11,6-18)13(15,16)17/h4-7H2,1-3H3/t11-,12-/m1/s1. The minimum Gasteiger partial charge on any atom is -0.449 e. The van der Waals surface area contributed by atoms with Crippen LogP contribution in [-0.4, -0.2) is 47.9 Å². The Labute approximate surface area is 130 Å². The molecule has 1 amide bonds. The maximum Gasteiger partial charge on any atom is 0.410 e. The van der Waals surface area contributed by atoms with Crippen molar-refractivity contribution in [1.29, 1.82) is 0 Å². The third-order valence-electron chi connectivity index (χ3n) is 4.09. The van der Waals surface area contributed by atoms with Crippen LogP contribution in [0.15, 0.2) is 0 Å². The Morgan fingerprint density at radius 2 is 1.82 bits per heavy atom. The lowest BCUT2D eigenvalue weighted by Crippen LogP contribution is -2.39. The molecule has 0 aromatic carbocycles. The molecule has 1 aliphatic heterocycles. The second-order valence-corrected chi connectivity index (χ2v) is 6.93. The first-order valence-corrected chi connectivity index (χ1v) is 7.20. The normalized spacial score (nSPS) is 30.8. The third-order valence-corrected chi connectivity index (χ3v) is 4.20. The zero-order valence-electron chi connectivity index (χ0n) is 12.4. The van der Waals surface area contributed by atoms with Crippen molar-refractivity contribution in [3.8, 4) is 0 Å². The van der Waals surface area contributed by atoms with Crippen LogP contribution in [0, 0.1) is 10.8 Å². The third kappa shape index (κ3) is 2.51. The van der Waals surface area contributed by atoms with Crippen molar-refractivity contribution in [3.63, 3.8) is 0 Å². The molecule has 0 N–H and O–H groups in total. The molecular formula is C13H17ClF3NO4. The summed E-state index contributed by atoms with van der Waals surface area (Å²) < 4.78 is 49.8. The van der Waals surface area contributed by atoms with Crippen molar-refractivity contribution in [1.82, 2.24) is 4.90 Å². The Hall–Kier alpha value is -1.18. The number of rotatable bonds is 2. The largest absolute Gasteiger partial charge is 0.449 e. The highest BCUT2D eigenvalue weighted by Crippen LogP contribution is 2.75. The van der Waals surface area contributed by atoms with E-state index in [9.17, 15) is 22.8 Å². The van der Waals surface area contributed by atoms with Gasteiger partial charge in [-0.15, -0.1) is 0 Å². The van der Waals surface area contributed by atoms with Crippen molar-refractivity contribution < 1.29 is 32.2 Å². The summed E-state index contributed by atoms with van der Waals surface area (Å²) in [5.74, 6) is -1.02. The van der Waals surface area contributed by atoms with E-state index in [-0.39, 0.29) is 6.54 Å². The molecule has 126 valence electrons. The Bertz CT molecular complexity index is 504. The smallest absolute Gasteiger partial charge is 0.410 e. The van der Waals surface area contributed by atoms with Gasteiger partial charge in [0.05, 0.1) is 0 Å². The predicted octanol–water partition coefficient (Wildman–Crippen LogP) is 2.92. The molecule has 1 saturated carbocycles. The zero-order valence-corrected chi connectivity index (χ0v) is 13.2. The minimum atomic E-state index is -4.62. The number of piperidine rings is 1. The summed E-state index contributed by atoms with van der Waals surface area (Å²) in [5, 5.41) is 0. The first-order chi connectivity index (χ1) is 9.88. The van der Waals surface area contributed by atoms with Gasteiger partial charge in [0.1, 0.15) is 16.4 Å². The van der Waals surface area contributed by atoms with Gasteiger partial charge in [-0.05, 0) is 27.2 Å². The van der Waals surface area contributed by atoms with Crippen molar-refractivity contribution >= 4 is 23.7 Å². The van der Waals surface area contributed by atoms with Gasteiger partial charge in [-0.25, -0.2) is 4.79 Å². The molecule has 0 spiro atoms. The summed E-state index contributed by atoms with van der Waals surface area (Å²) in [6, 6.07) is -0.527. The van der Waals surface area contributed by atoms with Crippen LogP contribution in [0.25, 0.3) is 0 Å². The molecule has 2 rings (SSSR count). The van der Waals surface area contributed by atoms with E-state index < -0.39 is 53.7 Å². The van der Waals surface area contributed by atoms with Crippen molar-refractivity contribution in [2.24, 2.45) is 10.8 Å². The zero-order chi connectivity index (χ0) is 17.0. The van der Waals surface area contributed by atoms with E-state index in [1.165, 1.54) is 0 Å². The average Bonchev–Trinajstić information content (AvgIpc) is 2.86. The summed E-state index contributed by atoms with van der Waals surface area (Å²) >= 11 is 5.27. The fourth-order valence-corrected chi connectivity index (χ4v) is 3.13. The monoisotopic (exact) mass is 343 g/mol. The van der Waals surface area contributed by atoms with Crippen molar-refractivity contribution in [3.05, 3.63) is 0 Å². The van der Waals surface area contributed by atoms with E-state index in [1.54, 1.807) is 20.8 Å². The molecule has 0 radical (unpaired) electrons. The van der Waals surface area contributed by atoms with Gasteiger partial charge in [0, 0.05) is 13.1 Å². The molecule has 2 aliphatic rings. The Kier molecular flexibility index (Phi) is 3.83. The van der Waals surface area contributed by atoms with Crippen LogP contribution in [0.4, 0.5) is 18.0 Å². The lowest BCUT2D eigenvalue weighted by Gasteiger charge is -2.26. The van der Waals surface area contributed by atoms with E-state index in [0.29, 0.717) is 0 Å². The van der Waals surface area contributed by atoms with Crippen LogP contribution in [0.3, 0.4) is 0 Å². The molecule has 0 aromatic heterocycles. The molecule has 22 heavy (non-hydrogen) atoms. The number of fused-ring (bicyclic) bond motifs is 1. The maximum atomic E-state index is 13.4. The minimum absolute atomic E-state index is 0.378. The predicted molar refractivity (Wildman–Crippen MR) is 70.2 cm³/mol. The first kappa shape index (κ1) is 17.2. The van der Waals surface area contributed by atoms with Crippen LogP contribution in [0.5, 0.6) is 0 Å². The summed E-state index contributed by atoms with van der Waals surface area (Å²) in [7, 11) is 0. The quantitative estimate of drug-likeness (QED) is 0.571. The van der Waals surface area contributed by atoms with Gasteiger partial charge in [0.15, 0.2) is 6.07 Å². The molecule has 9 heteroatoms. The summed E-state index contributed by atoms with van der Waals surface area (Å²) in [5.41, 5.74) is -4.86. The van der Waals surface area contributed by atoms with Gasteiger partial charge >= 0.3 is 18.2 Å². The topological polar surface area (TPSA) is 55.8 Å². The number of ether oxygens (including phenoxy) is 2. The van der Waals surface area contributed by atoms with Gasteiger partial charge in [-0.1, -0.05) is 11.6 Å². The van der Waals surface area contributed by atoms with Gasteiger partial charge in [0.25, 0.3) is 0 Å². The lowest BCUT2D eigenvalue weighted by molar-refractivity contribution is -0.197. The number of halogens is 4. The van der Waals surface area contributed by atoms with E-state index in [4.69, 9.17) is 16.3 Å². The molecule has 1 aliphatic carbocycles. The van der Waals surface area contributed by atoms with Gasteiger partial charge in [-0.3, -0.25) is 4.79 Å². The number of hydrogen-bond donors (Lipinski definition) is 0. The highest BCUT2D eigenvalue weighted by atomic mass is 35.5. The Morgan fingerprint density at radius 3 is 2.27 bits per heavy atom. The number of likely N-dealkylation sites (tertiary alicyclic amines) is 1. The molecule has 0 bridgehead atoms. The Balaban J connectivity index is 2.23. The number of alkyl halides is 4. The number of esters is 1. The first-order valence-electron chi connectivity index (χ1n) is 6.66. The van der Waals surface area contributed by atoms with Gasteiger partial charge in [-0.2, -0.15) is 13.2 Å². The number of hydrogen-bond acceptors (Lipinski definition) is 4. The molecule has 1 saturated heterocycles. The van der Waals surface area contributed by atoms with Gasteiger partial charge in [0.2, 0.25) is 0 Å². The molecule has 1 heterocycles. The second kappa shape index (κ2) is 4.91. The molecule has 0 unspecified atom stereocenters. The molecule has 0 aromatic rings. The number of amides is 1. The van der Waals surface area contributed by atoms with Crippen molar-refractivity contribution in [2.75, 3.05) is 19.2 Å². The van der Waals surface area contributed by atoms with E-state index in [1.807, 2.05) is 0 Å². The average molecular weight is 344 g/mol. The molecule has 5 nitrogen and oxygen atoms in total. The fourth-order valence-electron chi connectivity index (χ4n) is 3.03. The molecule has 2 fully saturated rings. The molecular weight excluding hydrogens is 327 g/mol. The van der Waals surface area contributed by atoms with Crippen LogP contribution in [0.1, 0.15) is 27.2 Å². The van der Waals surface area contributed by atoms with Gasteiger partial charge < -0.3 is 14.4 Å². The highest BCUT2D eigenvalue weighted by molar-refractivity contribution is 6.17. The number of nitrogens with zero attached hydrogens (tertiary/aromatic N) is 1. The van der Waals surface area contributed by atoms with E-state index in [2.05, 4.69) is 4.74 Å². The summed E-state index contributed by atoms with van der Waals surface area (Å²) in [4.78, 5) is 24.8. The number of carbonyl (C=O) groups excluding carboxylic acids is 2. The SMILES string of the molecule is CC(C)(C)OC(=O)N1C[C@@]2(C(=O)OCCl)C[C@@]2(C(F)(F)F)C1. The van der Waals surface area contributed by atoms with E-state index >= 15 is 0 Å². The number of carbonyl (C=O) groups is 2. The lowest BCUT2D eigenvalue weighted by atomic mass is 9.96. The summed E-state index contributed by atoms with van der Waals surface area (Å²) in [6.45, 7) is 3.84. The maximum absolute atomic E-state index is 13.4. The van der Waals surface area contributed by atoms with Crippen LogP contribution in [-0.2, 0) is 14.3 Å². The fraction of sp³-hybridized carbons (Fsp3) is 0.846. The molecule has 2 atom stereocenters. The second-order valence-electron chi connectivity index (χ2n) is 6.72. The summed E-state index contributed by atoms with van der Waals surface area (Å²) in [6.07, 6.45) is -5.88. The van der Waals surface area contributed by atoms with Crippen LogP contribution < -0.4 is 0 Å². The van der Waals surface area contributed by atoms with Crippen LogP contribution >= 0.6 is 11.6 Å². The van der Waals surface area contributed by atoms with E-state index in [0.717, 1.165) is 4.90 Å². The Morgan fingerprint density at radius 1 is 1.23 bits per heavy atom. The van der Waals surface area contributed by atoms with Crippen LogP contribution in [0.2, 0.25) is 0 Å².